The molecular formula is C15H8FNOS. The summed E-state index contributed by atoms with van der Waals surface area (Å²) in [6.45, 7) is 0. The Labute approximate surface area is 113 Å². The topological polar surface area (TPSA) is 40.9 Å². The molecule has 2 aromatic carbocycles. The largest absolute Gasteiger partial charge is 0.294 e. The van der Waals surface area contributed by atoms with E-state index in [1.165, 1.54) is 30.0 Å². The van der Waals surface area contributed by atoms with Gasteiger partial charge >= 0.3 is 0 Å². The fourth-order valence-electron chi connectivity index (χ4n) is 2.13. The number of carbonyl (C=O) groups excluding carboxylic acids is 1. The van der Waals surface area contributed by atoms with Crippen LogP contribution in [0.3, 0.4) is 0 Å². The molecule has 0 saturated heterocycles. The number of fused-ring (bicyclic) bond motifs is 2. The van der Waals surface area contributed by atoms with Crippen molar-refractivity contribution in [2.75, 3.05) is 0 Å². The predicted octanol–water partition coefficient (Wildman–Crippen LogP) is 3.59. The van der Waals surface area contributed by atoms with Gasteiger partial charge in [0.1, 0.15) is 5.82 Å². The van der Waals surface area contributed by atoms with Crippen molar-refractivity contribution in [1.82, 2.24) is 0 Å². The summed E-state index contributed by atoms with van der Waals surface area (Å²) >= 11 is 1.34. The highest BCUT2D eigenvalue weighted by molar-refractivity contribution is 7.99. The molecule has 0 unspecified atom stereocenters. The average molecular weight is 269 g/mol. The molecule has 2 nitrogen and oxygen atoms in total. The minimum atomic E-state index is -0.362. The van der Waals surface area contributed by atoms with Crippen LogP contribution in [0.2, 0.25) is 0 Å². The van der Waals surface area contributed by atoms with E-state index < -0.39 is 0 Å². The number of benzene rings is 2. The van der Waals surface area contributed by atoms with Gasteiger partial charge in [-0.2, -0.15) is 5.26 Å². The number of hydrogen-bond acceptors (Lipinski definition) is 3. The van der Waals surface area contributed by atoms with Crippen LogP contribution in [-0.4, -0.2) is 5.78 Å². The van der Waals surface area contributed by atoms with Crippen LogP contribution in [0.1, 0.15) is 21.5 Å². The molecule has 19 heavy (non-hydrogen) atoms. The number of nitrogens with zero attached hydrogens (tertiary/aromatic N) is 1. The predicted molar refractivity (Wildman–Crippen MR) is 69.7 cm³/mol. The maximum atomic E-state index is 13.3. The fourth-order valence-corrected chi connectivity index (χ4v) is 3.29. The molecule has 0 aliphatic carbocycles. The van der Waals surface area contributed by atoms with E-state index in [1.807, 2.05) is 6.07 Å². The van der Waals surface area contributed by atoms with E-state index in [2.05, 4.69) is 6.07 Å². The third kappa shape index (κ3) is 2.02. The standard InChI is InChI=1S/C15H8FNOS/c16-10-4-5-11-13(18)7-12-9(8-17)2-1-3-14(12)19-15(11)6-10/h1-6H,7H2. The lowest BCUT2D eigenvalue weighted by Crippen LogP contribution is -2.04. The van der Waals surface area contributed by atoms with Gasteiger partial charge in [-0.1, -0.05) is 17.8 Å². The highest BCUT2D eigenvalue weighted by atomic mass is 32.2. The number of rotatable bonds is 0. The number of halogens is 1. The highest BCUT2D eigenvalue weighted by Crippen LogP contribution is 2.38. The number of carbonyl (C=O) groups is 1. The van der Waals surface area contributed by atoms with Crippen molar-refractivity contribution in [3.63, 3.8) is 0 Å². The zero-order chi connectivity index (χ0) is 13.4. The molecule has 3 rings (SSSR count). The van der Waals surface area contributed by atoms with E-state index in [-0.39, 0.29) is 18.0 Å². The summed E-state index contributed by atoms with van der Waals surface area (Å²) in [5, 5.41) is 9.10. The summed E-state index contributed by atoms with van der Waals surface area (Å²) in [6.07, 6.45) is 0.185. The van der Waals surface area contributed by atoms with Crippen molar-refractivity contribution in [2.45, 2.75) is 16.2 Å². The molecule has 0 aromatic heterocycles. The first-order valence-corrected chi connectivity index (χ1v) is 6.53. The molecule has 0 radical (unpaired) electrons. The van der Waals surface area contributed by atoms with Crippen molar-refractivity contribution < 1.29 is 9.18 Å². The summed E-state index contributed by atoms with van der Waals surface area (Å²) in [7, 11) is 0. The van der Waals surface area contributed by atoms with Crippen LogP contribution >= 0.6 is 11.8 Å². The molecule has 92 valence electrons. The Morgan fingerprint density at radius 3 is 2.84 bits per heavy atom. The molecule has 0 amide bonds. The highest BCUT2D eigenvalue weighted by Gasteiger charge is 2.22. The zero-order valence-corrected chi connectivity index (χ0v) is 10.6. The quantitative estimate of drug-likeness (QED) is 0.734. The zero-order valence-electron chi connectivity index (χ0n) is 9.81. The maximum absolute atomic E-state index is 13.3. The first-order chi connectivity index (χ1) is 9.19. The van der Waals surface area contributed by atoms with E-state index in [0.29, 0.717) is 16.0 Å². The molecule has 0 spiro atoms. The molecule has 1 aliphatic heterocycles. The van der Waals surface area contributed by atoms with Crippen LogP contribution in [0.5, 0.6) is 0 Å². The SMILES string of the molecule is N#Cc1cccc2c1CC(=O)c1ccc(F)cc1S2. The van der Waals surface area contributed by atoms with Gasteiger partial charge in [0, 0.05) is 21.8 Å². The van der Waals surface area contributed by atoms with E-state index >= 15 is 0 Å². The van der Waals surface area contributed by atoms with Gasteiger partial charge in [-0.15, -0.1) is 0 Å². The van der Waals surface area contributed by atoms with Crippen LogP contribution in [-0.2, 0) is 6.42 Å². The smallest absolute Gasteiger partial charge is 0.168 e. The second-order valence-corrected chi connectivity index (χ2v) is 5.32. The number of hydrogen-bond donors (Lipinski definition) is 0. The summed E-state index contributed by atoms with van der Waals surface area (Å²) in [4.78, 5) is 13.7. The van der Waals surface area contributed by atoms with Gasteiger partial charge < -0.3 is 0 Å². The first kappa shape index (κ1) is 11.9. The van der Waals surface area contributed by atoms with Gasteiger partial charge in [-0.25, -0.2) is 4.39 Å². The van der Waals surface area contributed by atoms with Crippen molar-refractivity contribution in [2.24, 2.45) is 0 Å². The Morgan fingerprint density at radius 1 is 1.21 bits per heavy atom. The normalized spacial score (nSPS) is 13.2. The van der Waals surface area contributed by atoms with Crippen LogP contribution < -0.4 is 0 Å². The van der Waals surface area contributed by atoms with E-state index in [4.69, 9.17) is 5.26 Å². The lowest BCUT2D eigenvalue weighted by atomic mass is 9.99. The van der Waals surface area contributed by atoms with Gasteiger partial charge in [-0.05, 0) is 35.9 Å². The van der Waals surface area contributed by atoms with Crippen LogP contribution in [0.4, 0.5) is 4.39 Å². The Morgan fingerprint density at radius 2 is 2.05 bits per heavy atom. The summed E-state index contributed by atoms with van der Waals surface area (Å²) in [5.41, 5.74) is 1.76. The van der Waals surface area contributed by atoms with Crippen LogP contribution in [0.25, 0.3) is 0 Å². The van der Waals surface area contributed by atoms with Crippen LogP contribution in [0, 0.1) is 17.1 Å². The Hall–Kier alpha value is -2.12. The van der Waals surface area contributed by atoms with Gasteiger partial charge in [-0.3, -0.25) is 4.79 Å². The molecule has 4 heteroatoms. The van der Waals surface area contributed by atoms with E-state index in [0.717, 1.165) is 10.5 Å². The summed E-state index contributed by atoms with van der Waals surface area (Å²) in [5.74, 6) is -0.442. The molecule has 2 aromatic rings. The minimum absolute atomic E-state index is 0.0797. The van der Waals surface area contributed by atoms with E-state index in [1.54, 1.807) is 12.1 Å². The molecule has 0 atom stereocenters. The van der Waals surface area contributed by atoms with Gasteiger partial charge in [0.15, 0.2) is 5.78 Å². The Balaban J connectivity index is 2.21. The lowest BCUT2D eigenvalue weighted by Gasteiger charge is -2.05. The third-order valence-corrected chi connectivity index (χ3v) is 4.21. The van der Waals surface area contributed by atoms with Crippen LogP contribution in [0.15, 0.2) is 46.2 Å². The number of ketones is 1. The van der Waals surface area contributed by atoms with E-state index in [9.17, 15) is 9.18 Å². The molecule has 1 aliphatic rings. The van der Waals surface area contributed by atoms with Crippen molar-refractivity contribution in [3.05, 3.63) is 58.9 Å². The summed E-state index contributed by atoms with van der Waals surface area (Å²) < 4.78 is 13.3. The second kappa shape index (κ2) is 4.52. The Bertz CT molecular complexity index is 733. The fraction of sp³-hybridized carbons (Fsp3) is 0.0667. The second-order valence-electron chi connectivity index (χ2n) is 4.24. The van der Waals surface area contributed by atoms with Gasteiger partial charge in [0.05, 0.1) is 11.6 Å². The maximum Gasteiger partial charge on any atom is 0.168 e. The van der Waals surface area contributed by atoms with Gasteiger partial charge in [0.25, 0.3) is 0 Å². The van der Waals surface area contributed by atoms with Crippen molar-refractivity contribution in [3.8, 4) is 6.07 Å². The minimum Gasteiger partial charge on any atom is -0.294 e. The molecule has 0 fully saturated rings. The number of nitriles is 1. The van der Waals surface area contributed by atoms with Crippen molar-refractivity contribution in [1.29, 1.82) is 5.26 Å². The first-order valence-electron chi connectivity index (χ1n) is 5.71. The molecular weight excluding hydrogens is 261 g/mol. The summed E-state index contributed by atoms with van der Waals surface area (Å²) in [6, 6.07) is 11.6. The molecule has 0 saturated carbocycles. The average Bonchev–Trinajstić information content (AvgIpc) is 2.53. The lowest BCUT2D eigenvalue weighted by molar-refractivity contribution is 0.0990. The molecule has 0 N–H and O–H groups in total. The van der Waals surface area contributed by atoms with Crippen molar-refractivity contribution >= 4 is 17.5 Å². The van der Waals surface area contributed by atoms with Gasteiger partial charge in [0.2, 0.25) is 0 Å². The molecule has 1 heterocycles. The molecule has 0 bridgehead atoms. The monoisotopic (exact) mass is 269 g/mol. The number of Topliss-reactive ketones (excluding diaryl/α,β-unsaturated/α-hetero) is 1. The third-order valence-electron chi connectivity index (χ3n) is 3.05. The Kier molecular flexibility index (Phi) is 2.84.